The summed E-state index contributed by atoms with van der Waals surface area (Å²) in [5, 5.41) is 0. The minimum absolute atomic E-state index is 0.0205. The topological polar surface area (TPSA) is 57.7 Å². The van der Waals surface area contributed by atoms with Crippen LogP contribution in [0.5, 0.6) is 0 Å². The minimum Gasteiger partial charge on any atom is -0.305 e. The van der Waals surface area contributed by atoms with Crippen LogP contribution >= 0.6 is 0 Å². The number of rotatable bonds is 4. The summed E-state index contributed by atoms with van der Waals surface area (Å²) >= 11 is 0. The number of nitrogens with zero attached hydrogens (tertiary/aromatic N) is 2. The van der Waals surface area contributed by atoms with Gasteiger partial charge in [0.2, 0.25) is 0 Å². The van der Waals surface area contributed by atoms with Crippen LogP contribution in [0.2, 0.25) is 0 Å². The third-order valence-electron chi connectivity index (χ3n) is 5.29. The van der Waals surface area contributed by atoms with Crippen molar-refractivity contribution in [1.29, 1.82) is 0 Å². The molecular formula is C23H22N2O3S. The van der Waals surface area contributed by atoms with Crippen LogP contribution in [0.3, 0.4) is 0 Å². The fourth-order valence-electron chi connectivity index (χ4n) is 3.74. The fraction of sp³-hybridized carbons (Fsp3) is 0.174. The highest BCUT2D eigenvalue weighted by molar-refractivity contribution is 7.92. The molecule has 148 valence electrons. The maximum absolute atomic E-state index is 13.3. The molecule has 6 heteroatoms. The summed E-state index contributed by atoms with van der Waals surface area (Å²) in [5.74, 6) is -0.193. The molecule has 0 bridgehead atoms. The Morgan fingerprint density at radius 2 is 1.66 bits per heavy atom. The number of hydrogen-bond acceptors (Lipinski definition) is 3. The highest BCUT2D eigenvalue weighted by Crippen LogP contribution is 2.33. The summed E-state index contributed by atoms with van der Waals surface area (Å²) in [5.41, 5.74) is 2.93. The fourth-order valence-corrected chi connectivity index (χ4v) is 4.98. The number of amides is 1. The van der Waals surface area contributed by atoms with E-state index in [1.807, 2.05) is 37.3 Å². The van der Waals surface area contributed by atoms with E-state index in [1.54, 1.807) is 41.3 Å². The number of carbonyl (C=O) groups excluding carboxylic acids is 1. The molecule has 0 aromatic heterocycles. The number of benzene rings is 3. The highest BCUT2D eigenvalue weighted by atomic mass is 32.2. The summed E-state index contributed by atoms with van der Waals surface area (Å²) in [6, 6.07) is 23.0. The van der Waals surface area contributed by atoms with Gasteiger partial charge in [-0.05, 0) is 55.3 Å². The van der Waals surface area contributed by atoms with Crippen molar-refractivity contribution in [3.05, 3.63) is 90.0 Å². The second-order valence-electron chi connectivity index (χ2n) is 7.19. The van der Waals surface area contributed by atoms with Gasteiger partial charge in [0, 0.05) is 24.3 Å². The lowest BCUT2D eigenvalue weighted by molar-refractivity contribution is 0.0981. The Labute approximate surface area is 171 Å². The lowest BCUT2D eigenvalue weighted by atomic mass is 10.1. The quantitative estimate of drug-likeness (QED) is 0.655. The average molecular weight is 407 g/mol. The number of carbonyl (C=O) groups is 1. The Bertz CT molecular complexity index is 1160. The Hall–Kier alpha value is -3.12. The highest BCUT2D eigenvalue weighted by Gasteiger charge is 2.32. The van der Waals surface area contributed by atoms with E-state index in [0.29, 0.717) is 11.3 Å². The molecule has 1 aliphatic heterocycles. The number of hydrogen-bond donors (Lipinski definition) is 0. The van der Waals surface area contributed by atoms with Gasteiger partial charge in [-0.15, -0.1) is 0 Å². The summed E-state index contributed by atoms with van der Waals surface area (Å²) in [6.45, 7) is 2.00. The summed E-state index contributed by atoms with van der Waals surface area (Å²) in [6.07, 6.45) is 0.788. The Morgan fingerprint density at radius 3 is 2.41 bits per heavy atom. The predicted octanol–water partition coefficient (Wildman–Crippen LogP) is 4.10. The average Bonchev–Trinajstić information content (AvgIpc) is 3.09. The number of fused-ring (bicyclic) bond motifs is 1. The van der Waals surface area contributed by atoms with Gasteiger partial charge in [0.15, 0.2) is 0 Å². The summed E-state index contributed by atoms with van der Waals surface area (Å²) < 4.78 is 27.4. The van der Waals surface area contributed by atoms with Gasteiger partial charge in [0.05, 0.1) is 10.6 Å². The molecule has 3 aromatic rings. The van der Waals surface area contributed by atoms with E-state index in [2.05, 4.69) is 0 Å². The molecular weight excluding hydrogens is 384 g/mol. The van der Waals surface area contributed by atoms with Gasteiger partial charge in [-0.25, -0.2) is 8.42 Å². The zero-order valence-electron chi connectivity index (χ0n) is 16.3. The van der Waals surface area contributed by atoms with Gasteiger partial charge < -0.3 is 4.90 Å². The second kappa shape index (κ2) is 7.37. The van der Waals surface area contributed by atoms with Gasteiger partial charge in [0.25, 0.3) is 15.9 Å². The van der Waals surface area contributed by atoms with Crippen LogP contribution in [0.4, 0.5) is 11.4 Å². The largest absolute Gasteiger partial charge is 0.305 e. The van der Waals surface area contributed by atoms with Crippen LogP contribution in [0, 0.1) is 0 Å². The molecule has 1 unspecified atom stereocenters. The Kier molecular flexibility index (Phi) is 4.88. The molecule has 1 aliphatic rings. The molecule has 1 atom stereocenters. The zero-order chi connectivity index (χ0) is 20.6. The third-order valence-corrected chi connectivity index (χ3v) is 7.07. The van der Waals surface area contributed by atoms with E-state index < -0.39 is 10.0 Å². The standard InChI is InChI=1S/C23H22N2O3S/c1-17-15-18-9-6-7-14-22(18)25(17)23(26)19-10-8-13-21(16-19)29(27,28)24(2)20-11-4-3-5-12-20/h3-14,16-17H,15H2,1-2H3. The van der Waals surface area contributed by atoms with Crippen molar-refractivity contribution >= 4 is 27.3 Å². The maximum atomic E-state index is 13.3. The van der Waals surface area contributed by atoms with Crippen LogP contribution in [-0.2, 0) is 16.4 Å². The van der Waals surface area contributed by atoms with Gasteiger partial charge in [-0.2, -0.15) is 0 Å². The van der Waals surface area contributed by atoms with Crippen molar-refractivity contribution in [2.24, 2.45) is 0 Å². The molecule has 0 N–H and O–H groups in total. The van der Waals surface area contributed by atoms with Crippen LogP contribution in [-0.4, -0.2) is 27.4 Å². The van der Waals surface area contributed by atoms with E-state index in [1.165, 1.54) is 23.5 Å². The van der Waals surface area contributed by atoms with Crippen molar-refractivity contribution in [1.82, 2.24) is 0 Å². The number of anilines is 2. The number of para-hydroxylation sites is 2. The van der Waals surface area contributed by atoms with Crippen molar-refractivity contribution in [3.63, 3.8) is 0 Å². The molecule has 1 heterocycles. The van der Waals surface area contributed by atoms with Gasteiger partial charge in [-0.1, -0.05) is 42.5 Å². The molecule has 0 radical (unpaired) electrons. The van der Waals surface area contributed by atoms with E-state index in [-0.39, 0.29) is 16.8 Å². The molecule has 5 nitrogen and oxygen atoms in total. The summed E-state index contributed by atoms with van der Waals surface area (Å²) in [7, 11) is -2.27. The minimum atomic E-state index is -3.78. The van der Waals surface area contributed by atoms with E-state index in [9.17, 15) is 13.2 Å². The van der Waals surface area contributed by atoms with Gasteiger partial charge in [0.1, 0.15) is 0 Å². The molecule has 0 spiro atoms. The van der Waals surface area contributed by atoms with E-state index in [0.717, 1.165) is 17.7 Å². The van der Waals surface area contributed by atoms with Gasteiger partial charge in [-0.3, -0.25) is 9.10 Å². The first-order chi connectivity index (χ1) is 13.9. The number of sulfonamides is 1. The maximum Gasteiger partial charge on any atom is 0.264 e. The molecule has 0 fully saturated rings. The molecule has 4 rings (SSSR count). The van der Waals surface area contributed by atoms with Crippen molar-refractivity contribution in [2.75, 3.05) is 16.3 Å². The Balaban J connectivity index is 1.68. The van der Waals surface area contributed by atoms with Crippen molar-refractivity contribution in [3.8, 4) is 0 Å². The van der Waals surface area contributed by atoms with Crippen LogP contribution in [0.25, 0.3) is 0 Å². The second-order valence-corrected chi connectivity index (χ2v) is 9.16. The van der Waals surface area contributed by atoms with E-state index >= 15 is 0 Å². The zero-order valence-corrected chi connectivity index (χ0v) is 17.1. The van der Waals surface area contributed by atoms with Gasteiger partial charge >= 0.3 is 0 Å². The van der Waals surface area contributed by atoms with Crippen molar-refractivity contribution in [2.45, 2.75) is 24.3 Å². The summed E-state index contributed by atoms with van der Waals surface area (Å²) in [4.78, 5) is 15.1. The Morgan fingerprint density at radius 1 is 0.966 bits per heavy atom. The smallest absolute Gasteiger partial charge is 0.264 e. The first-order valence-electron chi connectivity index (χ1n) is 9.45. The molecule has 0 aliphatic carbocycles. The van der Waals surface area contributed by atoms with Crippen LogP contribution < -0.4 is 9.21 Å². The van der Waals surface area contributed by atoms with E-state index in [4.69, 9.17) is 0 Å². The molecule has 0 saturated heterocycles. The third kappa shape index (κ3) is 3.40. The van der Waals surface area contributed by atoms with Crippen molar-refractivity contribution < 1.29 is 13.2 Å². The first kappa shape index (κ1) is 19.2. The lowest BCUT2D eigenvalue weighted by Gasteiger charge is -2.23. The van der Waals surface area contributed by atoms with Crippen LogP contribution in [0.15, 0.2) is 83.8 Å². The SMILES string of the molecule is CC1Cc2ccccc2N1C(=O)c1cccc(S(=O)(=O)N(C)c2ccccc2)c1. The van der Waals surface area contributed by atoms with Crippen LogP contribution in [0.1, 0.15) is 22.8 Å². The molecule has 1 amide bonds. The lowest BCUT2D eigenvalue weighted by Crippen LogP contribution is -2.36. The molecule has 29 heavy (non-hydrogen) atoms. The monoisotopic (exact) mass is 406 g/mol. The molecule has 3 aromatic carbocycles. The normalized spacial score (nSPS) is 15.8. The predicted molar refractivity (Wildman–Crippen MR) is 115 cm³/mol. The first-order valence-corrected chi connectivity index (χ1v) is 10.9. The molecule has 0 saturated carbocycles.